The van der Waals surface area contributed by atoms with Crippen LogP contribution in [-0.2, 0) is 4.79 Å². The van der Waals surface area contributed by atoms with Crippen LogP contribution in [0.3, 0.4) is 0 Å². The predicted octanol–water partition coefficient (Wildman–Crippen LogP) is 4.02. The summed E-state index contributed by atoms with van der Waals surface area (Å²) in [6.45, 7) is 6.45. The molecule has 3 atom stereocenters. The van der Waals surface area contributed by atoms with Crippen LogP contribution in [0.4, 0.5) is 0 Å². The summed E-state index contributed by atoms with van der Waals surface area (Å²) in [7, 11) is 0. The molecule has 0 radical (unpaired) electrons. The normalized spacial score (nSPS) is 17.1. The van der Waals surface area contributed by atoms with Gasteiger partial charge in [0.25, 0.3) is 0 Å². The third-order valence-electron chi connectivity index (χ3n) is 5.28. The van der Waals surface area contributed by atoms with Gasteiger partial charge in [0, 0.05) is 12.6 Å². The minimum Gasteiger partial charge on any atom is -0.465 e. The van der Waals surface area contributed by atoms with E-state index in [0.717, 1.165) is 30.2 Å². The maximum Gasteiger partial charge on any atom is 0.224 e. The fourth-order valence-electron chi connectivity index (χ4n) is 3.58. The molecule has 0 aliphatic carbocycles. The summed E-state index contributed by atoms with van der Waals surface area (Å²) in [5, 5.41) is 3.10. The Labute approximate surface area is 179 Å². The Balaban J connectivity index is 0.00000196. The van der Waals surface area contributed by atoms with Crippen molar-refractivity contribution in [2.24, 2.45) is 11.7 Å². The Bertz CT molecular complexity index is 717. The van der Waals surface area contributed by atoms with Crippen LogP contribution in [0, 0.1) is 12.8 Å². The highest BCUT2D eigenvalue weighted by Crippen LogP contribution is 2.26. The minimum atomic E-state index is -0.313. The molecule has 7 heteroatoms. The number of halogens is 2. The van der Waals surface area contributed by atoms with Gasteiger partial charge in [0.15, 0.2) is 0 Å². The SMILES string of the molecule is Cc1ccc(C(CNC(=O)C(C)C(N)c2ccccc2)N2CCCC2)o1.Cl.Cl. The van der Waals surface area contributed by atoms with Crippen LogP contribution >= 0.6 is 24.8 Å². The third kappa shape index (κ3) is 5.98. The molecule has 3 rings (SSSR count). The number of nitrogens with zero attached hydrogens (tertiary/aromatic N) is 1. The molecule has 1 saturated heterocycles. The molecular weight excluding hydrogens is 397 g/mol. The summed E-state index contributed by atoms with van der Waals surface area (Å²) in [5.41, 5.74) is 7.27. The monoisotopic (exact) mass is 427 g/mol. The van der Waals surface area contributed by atoms with E-state index in [9.17, 15) is 4.79 Å². The summed E-state index contributed by atoms with van der Waals surface area (Å²) in [6.07, 6.45) is 2.39. The lowest BCUT2D eigenvalue weighted by molar-refractivity contribution is -0.125. The number of aryl methyl sites for hydroxylation is 1. The lowest BCUT2D eigenvalue weighted by Crippen LogP contribution is -2.41. The van der Waals surface area contributed by atoms with Crippen LogP contribution in [0.2, 0.25) is 0 Å². The Morgan fingerprint density at radius 1 is 1.14 bits per heavy atom. The van der Waals surface area contributed by atoms with Gasteiger partial charge >= 0.3 is 0 Å². The van der Waals surface area contributed by atoms with Gasteiger partial charge < -0.3 is 15.5 Å². The number of carbonyl (C=O) groups excluding carboxylic acids is 1. The van der Waals surface area contributed by atoms with E-state index in [4.69, 9.17) is 10.2 Å². The summed E-state index contributed by atoms with van der Waals surface area (Å²) >= 11 is 0. The highest BCUT2D eigenvalue weighted by Gasteiger charge is 2.28. The number of rotatable bonds is 7. The van der Waals surface area contributed by atoms with E-state index >= 15 is 0 Å². The number of benzene rings is 1. The smallest absolute Gasteiger partial charge is 0.224 e. The van der Waals surface area contributed by atoms with Crippen LogP contribution in [-0.4, -0.2) is 30.4 Å². The zero-order valence-electron chi connectivity index (χ0n) is 16.5. The summed E-state index contributed by atoms with van der Waals surface area (Å²) in [5.74, 6) is 1.50. The first-order valence-electron chi connectivity index (χ1n) is 9.45. The Morgan fingerprint density at radius 3 is 2.36 bits per heavy atom. The molecule has 0 saturated carbocycles. The van der Waals surface area contributed by atoms with Crippen LogP contribution in [0.5, 0.6) is 0 Å². The van der Waals surface area contributed by atoms with Gasteiger partial charge in [-0.15, -0.1) is 24.8 Å². The number of furan rings is 1. The molecule has 2 heterocycles. The first kappa shape index (κ1) is 24.5. The second kappa shape index (κ2) is 11.5. The predicted molar refractivity (Wildman–Crippen MR) is 117 cm³/mol. The highest BCUT2D eigenvalue weighted by molar-refractivity contribution is 5.85. The van der Waals surface area contributed by atoms with E-state index < -0.39 is 0 Å². The topological polar surface area (TPSA) is 71.5 Å². The number of carbonyl (C=O) groups is 1. The third-order valence-corrected chi connectivity index (χ3v) is 5.28. The van der Waals surface area contributed by atoms with Gasteiger partial charge in [-0.3, -0.25) is 9.69 Å². The van der Waals surface area contributed by atoms with Crippen molar-refractivity contribution in [3.63, 3.8) is 0 Å². The molecule has 1 aromatic carbocycles. The van der Waals surface area contributed by atoms with E-state index in [0.29, 0.717) is 6.54 Å². The molecule has 1 aliphatic rings. The van der Waals surface area contributed by atoms with E-state index in [2.05, 4.69) is 10.2 Å². The number of hydrogen-bond donors (Lipinski definition) is 2. The molecule has 5 nitrogen and oxygen atoms in total. The van der Waals surface area contributed by atoms with Crippen LogP contribution in [0.15, 0.2) is 46.9 Å². The van der Waals surface area contributed by atoms with Gasteiger partial charge in [0.05, 0.1) is 12.0 Å². The average Bonchev–Trinajstić information content (AvgIpc) is 3.33. The van der Waals surface area contributed by atoms with Crippen molar-refractivity contribution >= 4 is 30.7 Å². The molecule has 0 bridgehead atoms. The fraction of sp³-hybridized carbons (Fsp3) is 0.476. The molecule has 3 N–H and O–H groups in total. The van der Waals surface area contributed by atoms with Gasteiger partial charge in [-0.2, -0.15) is 0 Å². The van der Waals surface area contributed by atoms with Crippen LogP contribution < -0.4 is 11.1 Å². The molecule has 1 fully saturated rings. The van der Waals surface area contributed by atoms with Crippen molar-refractivity contribution in [1.29, 1.82) is 0 Å². The van der Waals surface area contributed by atoms with Crippen molar-refractivity contribution in [2.45, 2.75) is 38.8 Å². The highest BCUT2D eigenvalue weighted by atomic mass is 35.5. The van der Waals surface area contributed by atoms with Gasteiger partial charge in [-0.05, 0) is 50.6 Å². The number of hydrogen-bond acceptors (Lipinski definition) is 4. The van der Waals surface area contributed by atoms with Crippen molar-refractivity contribution in [2.75, 3.05) is 19.6 Å². The molecular formula is C21H31Cl2N3O2. The van der Waals surface area contributed by atoms with Crippen molar-refractivity contribution in [1.82, 2.24) is 10.2 Å². The second-order valence-electron chi connectivity index (χ2n) is 7.18. The fourth-order valence-corrected chi connectivity index (χ4v) is 3.58. The standard InChI is InChI=1S/C21H29N3O2.2ClH/c1-15-10-11-19(26-15)18(24-12-6-7-13-24)14-23-21(25)16(2)20(22)17-8-4-3-5-9-17;;/h3-5,8-11,16,18,20H,6-7,12-14,22H2,1-2H3,(H,23,25);2*1H. The number of likely N-dealkylation sites (tertiary alicyclic amines) is 1. The zero-order chi connectivity index (χ0) is 18.5. The minimum absolute atomic E-state index is 0. The van der Waals surface area contributed by atoms with Gasteiger partial charge in [0.2, 0.25) is 5.91 Å². The number of nitrogens with one attached hydrogen (secondary N) is 1. The van der Waals surface area contributed by atoms with E-state index in [1.807, 2.05) is 56.3 Å². The maximum absolute atomic E-state index is 12.7. The summed E-state index contributed by atoms with van der Waals surface area (Å²) < 4.78 is 5.85. The lowest BCUT2D eigenvalue weighted by atomic mass is 9.94. The van der Waals surface area contributed by atoms with Crippen LogP contribution in [0.25, 0.3) is 0 Å². The van der Waals surface area contributed by atoms with Crippen LogP contribution in [0.1, 0.15) is 48.9 Å². The van der Waals surface area contributed by atoms with E-state index in [1.165, 1.54) is 12.8 Å². The average molecular weight is 428 g/mol. The van der Waals surface area contributed by atoms with Crippen molar-refractivity contribution in [3.05, 3.63) is 59.5 Å². The molecule has 28 heavy (non-hydrogen) atoms. The van der Waals surface area contributed by atoms with Gasteiger partial charge in [0.1, 0.15) is 11.5 Å². The quantitative estimate of drug-likeness (QED) is 0.699. The van der Waals surface area contributed by atoms with E-state index in [1.54, 1.807) is 0 Å². The molecule has 2 aromatic rings. The van der Waals surface area contributed by atoms with Crippen molar-refractivity contribution in [3.8, 4) is 0 Å². The first-order chi connectivity index (χ1) is 12.6. The van der Waals surface area contributed by atoms with Gasteiger partial charge in [-0.25, -0.2) is 0 Å². The number of nitrogens with two attached hydrogens (primary N) is 1. The molecule has 156 valence electrons. The zero-order valence-corrected chi connectivity index (χ0v) is 18.1. The molecule has 1 aromatic heterocycles. The Hall–Kier alpha value is -1.53. The Morgan fingerprint density at radius 2 is 1.79 bits per heavy atom. The van der Waals surface area contributed by atoms with Crippen molar-refractivity contribution < 1.29 is 9.21 Å². The molecule has 3 unspecified atom stereocenters. The largest absolute Gasteiger partial charge is 0.465 e. The second-order valence-corrected chi connectivity index (χ2v) is 7.18. The van der Waals surface area contributed by atoms with E-state index in [-0.39, 0.29) is 48.7 Å². The Kier molecular flexibility index (Phi) is 10.0. The summed E-state index contributed by atoms with van der Waals surface area (Å²) in [6, 6.07) is 13.5. The molecule has 1 aliphatic heterocycles. The van der Waals surface area contributed by atoms with Gasteiger partial charge in [-0.1, -0.05) is 37.3 Å². The number of amides is 1. The maximum atomic E-state index is 12.7. The molecule has 0 spiro atoms. The molecule has 1 amide bonds. The summed E-state index contributed by atoms with van der Waals surface area (Å²) in [4.78, 5) is 15.1. The first-order valence-corrected chi connectivity index (χ1v) is 9.45. The lowest BCUT2D eigenvalue weighted by Gasteiger charge is -2.27.